The standard InChI is InChI=1S/C15H15NO3/c1-18-14-8-12(10-16)6-7-13(14)19-15(17)9-11-4-2-3-5-11/h2,4,6-8,11H,3,5,9H2,1H3. The van der Waals surface area contributed by atoms with Crippen LogP contribution in [0.1, 0.15) is 24.8 Å². The molecule has 1 atom stereocenters. The van der Waals surface area contributed by atoms with E-state index in [0.717, 1.165) is 12.8 Å². The zero-order chi connectivity index (χ0) is 13.7. The second-order valence-corrected chi connectivity index (χ2v) is 4.42. The fourth-order valence-electron chi connectivity index (χ4n) is 2.07. The fraction of sp³-hybridized carbons (Fsp3) is 0.333. The number of carbonyl (C=O) groups is 1. The number of hydrogen-bond acceptors (Lipinski definition) is 4. The van der Waals surface area contributed by atoms with Crippen LogP contribution in [0.25, 0.3) is 0 Å². The molecular weight excluding hydrogens is 242 g/mol. The van der Waals surface area contributed by atoms with Gasteiger partial charge in [-0.15, -0.1) is 0 Å². The number of nitriles is 1. The van der Waals surface area contributed by atoms with Crippen LogP contribution in [0, 0.1) is 17.2 Å². The van der Waals surface area contributed by atoms with Crippen molar-refractivity contribution in [2.45, 2.75) is 19.3 Å². The zero-order valence-electron chi connectivity index (χ0n) is 10.8. The van der Waals surface area contributed by atoms with Crippen molar-refractivity contribution in [2.24, 2.45) is 5.92 Å². The lowest BCUT2D eigenvalue weighted by Gasteiger charge is -2.11. The Kier molecular flexibility index (Phi) is 4.19. The Bertz CT molecular complexity index is 543. The van der Waals surface area contributed by atoms with Crippen molar-refractivity contribution in [1.29, 1.82) is 5.26 Å². The van der Waals surface area contributed by atoms with E-state index < -0.39 is 0 Å². The summed E-state index contributed by atoms with van der Waals surface area (Å²) in [6.45, 7) is 0. The Hall–Kier alpha value is -2.28. The number of allylic oxidation sites excluding steroid dienone is 2. The lowest BCUT2D eigenvalue weighted by Crippen LogP contribution is -2.12. The second kappa shape index (κ2) is 6.05. The third-order valence-electron chi connectivity index (χ3n) is 3.06. The summed E-state index contributed by atoms with van der Waals surface area (Å²) in [4.78, 5) is 11.8. The number of hydrogen-bond donors (Lipinski definition) is 0. The van der Waals surface area contributed by atoms with Crippen LogP contribution in [0.5, 0.6) is 11.5 Å². The molecule has 0 heterocycles. The van der Waals surface area contributed by atoms with Crippen LogP contribution in [-0.4, -0.2) is 13.1 Å². The molecule has 98 valence electrons. The second-order valence-electron chi connectivity index (χ2n) is 4.42. The highest BCUT2D eigenvalue weighted by atomic mass is 16.6. The van der Waals surface area contributed by atoms with Gasteiger partial charge in [-0.2, -0.15) is 5.26 Å². The lowest BCUT2D eigenvalue weighted by molar-refractivity contribution is -0.135. The van der Waals surface area contributed by atoms with Crippen LogP contribution in [0.3, 0.4) is 0 Å². The molecule has 2 rings (SSSR count). The van der Waals surface area contributed by atoms with E-state index in [1.165, 1.54) is 7.11 Å². The van der Waals surface area contributed by atoms with Crippen molar-refractivity contribution in [3.8, 4) is 17.6 Å². The van der Waals surface area contributed by atoms with Gasteiger partial charge >= 0.3 is 5.97 Å². The predicted molar refractivity (Wildman–Crippen MR) is 69.8 cm³/mol. The van der Waals surface area contributed by atoms with E-state index in [1.807, 2.05) is 6.07 Å². The molecule has 4 nitrogen and oxygen atoms in total. The van der Waals surface area contributed by atoms with Crippen LogP contribution >= 0.6 is 0 Å². The molecule has 0 saturated carbocycles. The SMILES string of the molecule is COc1cc(C#N)ccc1OC(=O)CC1C=CCC1. The summed E-state index contributed by atoms with van der Waals surface area (Å²) in [6, 6.07) is 6.75. The fourth-order valence-corrected chi connectivity index (χ4v) is 2.07. The van der Waals surface area contributed by atoms with E-state index in [0.29, 0.717) is 23.5 Å². The number of ether oxygens (including phenoxy) is 2. The molecule has 0 bridgehead atoms. The van der Waals surface area contributed by atoms with Gasteiger partial charge in [-0.05, 0) is 30.9 Å². The highest BCUT2D eigenvalue weighted by molar-refractivity contribution is 5.74. The van der Waals surface area contributed by atoms with E-state index in [9.17, 15) is 4.79 Å². The van der Waals surface area contributed by atoms with Crippen LogP contribution in [0.2, 0.25) is 0 Å². The number of carbonyl (C=O) groups excluding carboxylic acids is 1. The van der Waals surface area contributed by atoms with Crippen molar-refractivity contribution in [2.75, 3.05) is 7.11 Å². The van der Waals surface area contributed by atoms with Gasteiger partial charge in [0.15, 0.2) is 11.5 Å². The Balaban J connectivity index is 2.03. The van der Waals surface area contributed by atoms with Crippen LogP contribution < -0.4 is 9.47 Å². The minimum atomic E-state index is -0.278. The van der Waals surface area contributed by atoms with Gasteiger partial charge in [0.2, 0.25) is 0 Å². The first-order valence-corrected chi connectivity index (χ1v) is 6.18. The minimum absolute atomic E-state index is 0.275. The normalized spacial score (nSPS) is 16.9. The molecule has 4 heteroatoms. The topological polar surface area (TPSA) is 59.3 Å². The highest BCUT2D eigenvalue weighted by Crippen LogP contribution is 2.29. The first-order chi connectivity index (χ1) is 9.22. The van der Waals surface area contributed by atoms with Gasteiger partial charge in [0.05, 0.1) is 25.2 Å². The quantitative estimate of drug-likeness (QED) is 0.473. The van der Waals surface area contributed by atoms with Gasteiger partial charge in [0, 0.05) is 6.07 Å². The maximum Gasteiger partial charge on any atom is 0.311 e. The molecule has 0 radical (unpaired) electrons. The van der Waals surface area contributed by atoms with Crippen molar-refractivity contribution < 1.29 is 14.3 Å². The average Bonchev–Trinajstić information content (AvgIpc) is 2.91. The summed E-state index contributed by atoms with van der Waals surface area (Å²) in [5.74, 6) is 0.749. The molecular formula is C15H15NO3. The molecule has 0 amide bonds. The van der Waals surface area contributed by atoms with E-state index in [4.69, 9.17) is 14.7 Å². The number of nitrogens with zero attached hydrogens (tertiary/aromatic N) is 1. The lowest BCUT2D eigenvalue weighted by atomic mass is 10.1. The number of rotatable bonds is 4. The van der Waals surface area contributed by atoms with Crippen LogP contribution in [0.4, 0.5) is 0 Å². The highest BCUT2D eigenvalue weighted by Gasteiger charge is 2.17. The molecule has 0 aromatic heterocycles. The molecule has 1 aliphatic carbocycles. The molecule has 0 saturated heterocycles. The average molecular weight is 257 g/mol. The van der Waals surface area contributed by atoms with E-state index in [1.54, 1.807) is 18.2 Å². The van der Waals surface area contributed by atoms with Gasteiger partial charge in [-0.25, -0.2) is 0 Å². The Morgan fingerprint density at radius 1 is 1.47 bits per heavy atom. The summed E-state index contributed by atoms with van der Waals surface area (Å²) in [5, 5.41) is 8.80. The van der Waals surface area contributed by atoms with Gasteiger partial charge in [-0.3, -0.25) is 4.79 Å². The number of benzene rings is 1. The molecule has 0 N–H and O–H groups in total. The Morgan fingerprint density at radius 3 is 2.95 bits per heavy atom. The molecule has 1 aromatic carbocycles. The summed E-state index contributed by atoms with van der Waals surface area (Å²) in [7, 11) is 1.48. The molecule has 1 aliphatic rings. The molecule has 0 fully saturated rings. The van der Waals surface area contributed by atoms with E-state index in [-0.39, 0.29) is 11.9 Å². The summed E-state index contributed by atoms with van der Waals surface area (Å²) < 4.78 is 10.4. The first-order valence-electron chi connectivity index (χ1n) is 6.18. The number of esters is 1. The van der Waals surface area contributed by atoms with E-state index in [2.05, 4.69) is 12.2 Å². The van der Waals surface area contributed by atoms with Crippen LogP contribution in [0.15, 0.2) is 30.4 Å². The number of methoxy groups -OCH3 is 1. The van der Waals surface area contributed by atoms with Crippen molar-refractivity contribution in [1.82, 2.24) is 0 Å². The molecule has 0 spiro atoms. The van der Waals surface area contributed by atoms with Crippen LogP contribution in [-0.2, 0) is 4.79 Å². The largest absolute Gasteiger partial charge is 0.493 e. The third-order valence-corrected chi connectivity index (χ3v) is 3.06. The van der Waals surface area contributed by atoms with Crippen molar-refractivity contribution >= 4 is 5.97 Å². The molecule has 0 aliphatic heterocycles. The minimum Gasteiger partial charge on any atom is -0.493 e. The summed E-state index contributed by atoms with van der Waals surface area (Å²) >= 11 is 0. The summed E-state index contributed by atoms with van der Waals surface area (Å²) in [6.07, 6.45) is 6.54. The van der Waals surface area contributed by atoms with Gasteiger partial charge in [0.1, 0.15) is 0 Å². The first kappa shape index (κ1) is 13.2. The zero-order valence-corrected chi connectivity index (χ0v) is 10.8. The maximum atomic E-state index is 11.8. The van der Waals surface area contributed by atoms with Gasteiger partial charge < -0.3 is 9.47 Å². The monoisotopic (exact) mass is 257 g/mol. The molecule has 1 aromatic rings. The molecule has 19 heavy (non-hydrogen) atoms. The maximum absolute atomic E-state index is 11.8. The smallest absolute Gasteiger partial charge is 0.311 e. The van der Waals surface area contributed by atoms with Gasteiger partial charge in [-0.1, -0.05) is 12.2 Å². The Morgan fingerprint density at radius 2 is 2.32 bits per heavy atom. The van der Waals surface area contributed by atoms with E-state index >= 15 is 0 Å². The van der Waals surface area contributed by atoms with Crippen molar-refractivity contribution in [3.63, 3.8) is 0 Å². The van der Waals surface area contributed by atoms with Crippen molar-refractivity contribution in [3.05, 3.63) is 35.9 Å². The molecule has 1 unspecified atom stereocenters. The third kappa shape index (κ3) is 3.35. The summed E-state index contributed by atoms with van der Waals surface area (Å²) in [5.41, 5.74) is 0.468. The Labute approximate surface area is 112 Å². The van der Waals surface area contributed by atoms with Gasteiger partial charge in [0.25, 0.3) is 0 Å². The predicted octanol–water partition coefficient (Wildman–Crippen LogP) is 2.83.